The monoisotopic (exact) mass is 467 g/mol. The summed E-state index contributed by atoms with van der Waals surface area (Å²) in [6, 6.07) is 16.8. The van der Waals surface area contributed by atoms with Gasteiger partial charge in [-0.1, -0.05) is 12.1 Å². The molecule has 0 unspecified atom stereocenters. The molecule has 2 aromatic carbocycles. The van der Waals surface area contributed by atoms with Crippen molar-refractivity contribution in [2.24, 2.45) is 0 Å². The SMILES string of the molecule is Cc1cc(N2CCOCC2)nc(Nc2ccc(NC(=O)c3ccccc3Br)cc2)n1. The molecule has 0 saturated carbocycles. The van der Waals surface area contributed by atoms with Crippen LogP contribution in [0.4, 0.5) is 23.1 Å². The van der Waals surface area contributed by atoms with Gasteiger partial charge in [0.2, 0.25) is 5.95 Å². The molecule has 0 atom stereocenters. The Bertz CT molecular complexity index is 1040. The lowest BCUT2D eigenvalue weighted by molar-refractivity contribution is 0.102. The van der Waals surface area contributed by atoms with E-state index < -0.39 is 0 Å². The number of morpholine rings is 1. The molecule has 3 aromatic rings. The van der Waals surface area contributed by atoms with E-state index in [2.05, 4.69) is 41.4 Å². The smallest absolute Gasteiger partial charge is 0.256 e. The molecule has 1 aliphatic rings. The Kier molecular flexibility index (Phi) is 6.25. The van der Waals surface area contributed by atoms with Crippen LogP contribution in [0.3, 0.4) is 0 Å². The predicted octanol–water partition coefficient (Wildman–Crippen LogP) is 4.38. The van der Waals surface area contributed by atoms with Crippen LogP contribution in [0.25, 0.3) is 0 Å². The Balaban J connectivity index is 1.44. The van der Waals surface area contributed by atoms with Gasteiger partial charge in [-0.15, -0.1) is 0 Å². The number of anilines is 4. The maximum atomic E-state index is 12.4. The first-order chi connectivity index (χ1) is 14.6. The summed E-state index contributed by atoms with van der Waals surface area (Å²) in [7, 11) is 0. The minimum absolute atomic E-state index is 0.166. The zero-order valence-corrected chi connectivity index (χ0v) is 18.1. The molecular weight excluding hydrogens is 446 g/mol. The molecule has 0 bridgehead atoms. The highest BCUT2D eigenvalue weighted by Crippen LogP contribution is 2.22. The van der Waals surface area contributed by atoms with Gasteiger partial charge in [0, 0.05) is 40.7 Å². The zero-order chi connectivity index (χ0) is 20.9. The van der Waals surface area contributed by atoms with Crippen molar-refractivity contribution in [2.45, 2.75) is 6.92 Å². The molecule has 1 saturated heterocycles. The number of nitrogens with zero attached hydrogens (tertiary/aromatic N) is 3. The molecule has 1 amide bonds. The van der Waals surface area contributed by atoms with Gasteiger partial charge in [-0.2, -0.15) is 4.98 Å². The number of halogens is 1. The molecule has 2 N–H and O–H groups in total. The minimum Gasteiger partial charge on any atom is -0.378 e. The van der Waals surface area contributed by atoms with Crippen LogP contribution < -0.4 is 15.5 Å². The molecule has 30 heavy (non-hydrogen) atoms. The van der Waals surface area contributed by atoms with E-state index in [1.165, 1.54) is 0 Å². The number of carbonyl (C=O) groups excluding carboxylic acids is 1. The van der Waals surface area contributed by atoms with E-state index in [9.17, 15) is 4.79 Å². The molecule has 0 radical (unpaired) electrons. The van der Waals surface area contributed by atoms with Crippen LogP contribution in [-0.4, -0.2) is 42.2 Å². The Morgan fingerprint density at radius 1 is 1.03 bits per heavy atom. The largest absolute Gasteiger partial charge is 0.378 e. The van der Waals surface area contributed by atoms with Gasteiger partial charge in [0.1, 0.15) is 5.82 Å². The summed E-state index contributed by atoms with van der Waals surface area (Å²) in [5.41, 5.74) is 3.03. The van der Waals surface area contributed by atoms with E-state index >= 15 is 0 Å². The Morgan fingerprint density at radius 2 is 1.73 bits per heavy atom. The fraction of sp³-hybridized carbons (Fsp3) is 0.227. The zero-order valence-electron chi connectivity index (χ0n) is 16.6. The van der Waals surface area contributed by atoms with Crippen LogP contribution in [0.2, 0.25) is 0 Å². The number of benzene rings is 2. The van der Waals surface area contributed by atoms with Crippen molar-refractivity contribution in [2.75, 3.05) is 41.8 Å². The van der Waals surface area contributed by atoms with Gasteiger partial charge in [0.05, 0.1) is 18.8 Å². The second-order valence-corrected chi connectivity index (χ2v) is 7.78. The summed E-state index contributed by atoms with van der Waals surface area (Å²) in [6.07, 6.45) is 0. The maximum Gasteiger partial charge on any atom is 0.256 e. The van der Waals surface area contributed by atoms with Gasteiger partial charge in [-0.05, 0) is 59.3 Å². The Hall–Kier alpha value is -2.97. The quantitative estimate of drug-likeness (QED) is 0.579. The molecule has 1 fully saturated rings. The van der Waals surface area contributed by atoms with Gasteiger partial charge < -0.3 is 20.3 Å². The first-order valence-electron chi connectivity index (χ1n) is 9.70. The van der Waals surface area contributed by atoms with Crippen molar-refractivity contribution in [1.82, 2.24) is 9.97 Å². The van der Waals surface area contributed by atoms with Crippen molar-refractivity contribution in [1.29, 1.82) is 0 Å². The fourth-order valence-corrected chi connectivity index (χ4v) is 3.64. The first-order valence-corrected chi connectivity index (χ1v) is 10.5. The van der Waals surface area contributed by atoms with Crippen LogP contribution in [0.5, 0.6) is 0 Å². The molecule has 2 heterocycles. The van der Waals surface area contributed by atoms with E-state index in [-0.39, 0.29) is 5.91 Å². The summed E-state index contributed by atoms with van der Waals surface area (Å²) in [6.45, 7) is 5.01. The number of nitrogens with one attached hydrogen (secondary N) is 2. The number of carbonyl (C=O) groups is 1. The summed E-state index contributed by atoms with van der Waals surface area (Å²) in [5, 5.41) is 6.15. The number of hydrogen-bond donors (Lipinski definition) is 2. The lowest BCUT2D eigenvalue weighted by Crippen LogP contribution is -2.36. The standard InChI is InChI=1S/C22H22BrN5O2/c1-15-14-20(28-10-12-30-13-11-28)27-22(24-15)26-17-8-6-16(7-9-17)25-21(29)18-4-2-3-5-19(18)23/h2-9,14H,10-13H2,1H3,(H,25,29)(H,24,26,27). The lowest BCUT2D eigenvalue weighted by atomic mass is 10.2. The highest BCUT2D eigenvalue weighted by Gasteiger charge is 2.14. The summed E-state index contributed by atoms with van der Waals surface area (Å²) >= 11 is 3.40. The molecule has 7 nitrogen and oxygen atoms in total. The van der Waals surface area contributed by atoms with Crippen LogP contribution in [0.15, 0.2) is 59.1 Å². The van der Waals surface area contributed by atoms with Crippen molar-refractivity contribution < 1.29 is 9.53 Å². The van der Waals surface area contributed by atoms with Crippen LogP contribution in [-0.2, 0) is 4.74 Å². The second kappa shape index (κ2) is 9.23. The third kappa shape index (κ3) is 4.95. The number of amides is 1. The number of ether oxygens (including phenoxy) is 1. The molecule has 1 aromatic heterocycles. The van der Waals surface area contributed by atoms with Gasteiger partial charge in [0.25, 0.3) is 5.91 Å². The predicted molar refractivity (Wildman–Crippen MR) is 122 cm³/mol. The van der Waals surface area contributed by atoms with Gasteiger partial charge in [-0.25, -0.2) is 4.98 Å². The van der Waals surface area contributed by atoms with E-state index in [1.54, 1.807) is 6.07 Å². The normalized spacial score (nSPS) is 13.7. The molecule has 0 spiro atoms. The van der Waals surface area contributed by atoms with E-state index in [0.29, 0.717) is 30.4 Å². The molecule has 0 aliphatic carbocycles. The molecular formula is C22H22BrN5O2. The molecule has 1 aliphatic heterocycles. The summed E-state index contributed by atoms with van der Waals surface area (Å²) < 4.78 is 6.18. The average molecular weight is 468 g/mol. The Morgan fingerprint density at radius 3 is 2.47 bits per heavy atom. The Labute approximate surface area is 183 Å². The highest BCUT2D eigenvalue weighted by atomic mass is 79.9. The average Bonchev–Trinajstić information content (AvgIpc) is 2.75. The lowest BCUT2D eigenvalue weighted by Gasteiger charge is -2.28. The molecule has 8 heteroatoms. The molecule has 154 valence electrons. The first kappa shape index (κ1) is 20.3. The second-order valence-electron chi connectivity index (χ2n) is 6.93. The fourth-order valence-electron chi connectivity index (χ4n) is 3.17. The number of aryl methyl sites for hydroxylation is 1. The van der Waals surface area contributed by atoms with Crippen molar-refractivity contribution >= 4 is 45.0 Å². The van der Waals surface area contributed by atoms with Crippen molar-refractivity contribution in [3.05, 3.63) is 70.3 Å². The topological polar surface area (TPSA) is 79.4 Å². The van der Waals surface area contributed by atoms with Gasteiger partial charge in [-0.3, -0.25) is 4.79 Å². The third-order valence-electron chi connectivity index (χ3n) is 4.69. The number of hydrogen-bond acceptors (Lipinski definition) is 6. The van der Waals surface area contributed by atoms with E-state index in [0.717, 1.165) is 34.8 Å². The maximum absolute atomic E-state index is 12.4. The van der Waals surface area contributed by atoms with Crippen molar-refractivity contribution in [3.63, 3.8) is 0 Å². The van der Waals surface area contributed by atoms with E-state index in [4.69, 9.17) is 4.74 Å². The van der Waals surface area contributed by atoms with Gasteiger partial charge >= 0.3 is 0 Å². The molecule has 4 rings (SSSR count). The van der Waals surface area contributed by atoms with Crippen LogP contribution in [0, 0.1) is 6.92 Å². The van der Waals surface area contributed by atoms with E-state index in [1.807, 2.05) is 55.5 Å². The highest BCUT2D eigenvalue weighted by molar-refractivity contribution is 9.10. The van der Waals surface area contributed by atoms with Crippen molar-refractivity contribution in [3.8, 4) is 0 Å². The number of aromatic nitrogens is 2. The van der Waals surface area contributed by atoms with Crippen LogP contribution >= 0.6 is 15.9 Å². The minimum atomic E-state index is -0.166. The van der Waals surface area contributed by atoms with Gasteiger partial charge in [0.15, 0.2) is 0 Å². The third-order valence-corrected chi connectivity index (χ3v) is 5.38. The summed E-state index contributed by atoms with van der Waals surface area (Å²) in [5.74, 6) is 1.27. The van der Waals surface area contributed by atoms with Crippen LogP contribution in [0.1, 0.15) is 16.1 Å². The number of rotatable bonds is 5. The summed E-state index contributed by atoms with van der Waals surface area (Å²) in [4.78, 5) is 23.8.